The van der Waals surface area contributed by atoms with Crippen LogP contribution in [0.3, 0.4) is 0 Å². The van der Waals surface area contributed by atoms with E-state index < -0.39 is 0 Å². The number of amides is 2. The fourth-order valence-corrected chi connectivity index (χ4v) is 2.99. The minimum absolute atomic E-state index is 0.181. The van der Waals surface area contributed by atoms with Crippen molar-refractivity contribution < 1.29 is 14.3 Å². The summed E-state index contributed by atoms with van der Waals surface area (Å²) in [5.74, 6) is 0.108. The predicted octanol–water partition coefficient (Wildman–Crippen LogP) is 3.73. The van der Waals surface area contributed by atoms with Crippen LogP contribution in [0.5, 0.6) is 5.75 Å². The van der Waals surface area contributed by atoms with Crippen molar-refractivity contribution in [1.82, 2.24) is 0 Å². The lowest BCUT2D eigenvalue weighted by Gasteiger charge is -2.11. The molecule has 7 heteroatoms. The second kappa shape index (κ2) is 6.73. The van der Waals surface area contributed by atoms with Crippen LogP contribution in [0.1, 0.15) is 16.6 Å². The summed E-state index contributed by atoms with van der Waals surface area (Å²) in [6, 6.07) is 8.59. The number of ether oxygens (including phenoxy) is 1. The SMILES string of the molecule is COc1ccc(NC(C)=O)cc1NC(=O)c1ccc(Br)s1. The van der Waals surface area contributed by atoms with Gasteiger partial charge in [-0.15, -0.1) is 11.3 Å². The summed E-state index contributed by atoms with van der Waals surface area (Å²) in [5.41, 5.74) is 1.09. The maximum atomic E-state index is 12.2. The van der Waals surface area contributed by atoms with Crippen molar-refractivity contribution in [3.63, 3.8) is 0 Å². The monoisotopic (exact) mass is 368 g/mol. The van der Waals surface area contributed by atoms with Gasteiger partial charge in [-0.05, 0) is 46.3 Å². The van der Waals surface area contributed by atoms with E-state index in [2.05, 4.69) is 26.6 Å². The first kappa shape index (κ1) is 15.5. The van der Waals surface area contributed by atoms with E-state index in [1.807, 2.05) is 6.07 Å². The zero-order valence-electron chi connectivity index (χ0n) is 11.4. The Morgan fingerprint density at radius 2 is 1.95 bits per heavy atom. The van der Waals surface area contributed by atoms with Gasteiger partial charge >= 0.3 is 0 Å². The van der Waals surface area contributed by atoms with Gasteiger partial charge in [0.15, 0.2) is 0 Å². The number of nitrogens with one attached hydrogen (secondary N) is 2. The molecule has 2 N–H and O–H groups in total. The summed E-state index contributed by atoms with van der Waals surface area (Å²) in [6.45, 7) is 1.42. The molecule has 0 atom stereocenters. The standard InChI is InChI=1S/C14H13BrN2O3S/c1-8(18)16-9-3-4-11(20-2)10(7-9)17-14(19)12-5-6-13(15)21-12/h3-7H,1-2H3,(H,16,18)(H,17,19). The highest BCUT2D eigenvalue weighted by Gasteiger charge is 2.12. The van der Waals surface area contributed by atoms with Crippen molar-refractivity contribution in [3.8, 4) is 5.75 Å². The number of carbonyl (C=O) groups excluding carboxylic acids is 2. The Morgan fingerprint density at radius 1 is 1.19 bits per heavy atom. The van der Waals surface area contributed by atoms with Crippen LogP contribution in [0.4, 0.5) is 11.4 Å². The first-order valence-electron chi connectivity index (χ1n) is 6.02. The molecule has 0 saturated carbocycles. The van der Waals surface area contributed by atoms with Crippen molar-refractivity contribution in [2.45, 2.75) is 6.92 Å². The van der Waals surface area contributed by atoms with Crippen molar-refractivity contribution in [2.24, 2.45) is 0 Å². The number of hydrogen-bond acceptors (Lipinski definition) is 4. The van der Waals surface area contributed by atoms with E-state index in [-0.39, 0.29) is 11.8 Å². The number of halogens is 1. The van der Waals surface area contributed by atoms with Crippen molar-refractivity contribution in [2.75, 3.05) is 17.7 Å². The summed E-state index contributed by atoms with van der Waals surface area (Å²) < 4.78 is 6.10. The van der Waals surface area contributed by atoms with Crippen LogP contribution in [0.2, 0.25) is 0 Å². The molecule has 1 heterocycles. The van der Waals surface area contributed by atoms with Gasteiger partial charge in [0, 0.05) is 12.6 Å². The Morgan fingerprint density at radius 3 is 2.52 bits per heavy atom. The third-order valence-electron chi connectivity index (χ3n) is 2.57. The van der Waals surface area contributed by atoms with Crippen LogP contribution in [-0.2, 0) is 4.79 Å². The number of thiophene rings is 1. The Balaban J connectivity index is 2.24. The Labute approximate surface area is 134 Å². The molecule has 2 amide bonds. The van der Waals surface area contributed by atoms with Gasteiger partial charge in [0.05, 0.1) is 21.5 Å². The van der Waals surface area contributed by atoms with Crippen molar-refractivity contribution >= 4 is 50.5 Å². The molecule has 1 aromatic carbocycles. The Kier molecular flexibility index (Phi) is 4.98. The first-order chi connectivity index (χ1) is 9.99. The number of carbonyl (C=O) groups is 2. The highest BCUT2D eigenvalue weighted by Crippen LogP contribution is 2.29. The summed E-state index contributed by atoms with van der Waals surface area (Å²) in [7, 11) is 1.52. The molecular weight excluding hydrogens is 356 g/mol. The second-order valence-electron chi connectivity index (χ2n) is 4.15. The van der Waals surface area contributed by atoms with Gasteiger partial charge in [-0.1, -0.05) is 0 Å². The van der Waals surface area contributed by atoms with E-state index in [1.54, 1.807) is 24.3 Å². The van der Waals surface area contributed by atoms with E-state index in [9.17, 15) is 9.59 Å². The van der Waals surface area contributed by atoms with E-state index >= 15 is 0 Å². The van der Waals surface area contributed by atoms with Gasteiger partial charge in [0.2, 0.25) is 5.91 Å². The average molecular weight is 369 g/mol. The largest absolute Gasteiger partial charge is 0.495 e. The van der Waals surface area contributed by atoms with Gasteiger partial charge in [-0.2, -0.15) is 0 Å². The van der Waals surface area contributed by atoms with Crippen LogP contribution < -0.4 is 15.4 Å². The maximum absolute atomic E-state index is 12.2. The lowest BCUT2D eigenvalue weighted by atomic mass is 10.2. The average Bonchev–Trinajstić information content (AvgIpc) is 2.85. The highest BCUT2D eigenvalue weighted by atomic mass is 79.9. The van der Waals surface area contributed by atoms with E-state index in [0.29, 0.717) is 22.0 Å². The first-order valence-corrected chi connectivity index (χ1v) is 7.63. The number of hydrogen-bond donors (Lipinski definition) is 2. The van der Waals surface area contributed by atoms with E-state index in [0.717, 1.165) is 3.79 Å². The molecule has 2 aromatic rings. The highest BCUT2D eigenvalue weighted by molar-refractivity contribution is 9.11. The lowest BCUT2D eigenvalue weighted by Crippen LogP contribution is -2.12. The summed E-state index contributed by atoms with van der Waals surface area (Å²) >= 11 is 4.66. The molecule has 0 aliphatic carbocycles. The summed E-state index contributed by atoms with van der Waals surface area (Å²) in [6.07, 6.45) is 0. The molecule has 110 valence electrons. The maximum Gasteiger partial charge on any atom is 0.265 e. The molecule has 0 spiro atoms. The molecule has 0 aliphatic heterocycles. The van der Waals surface area contributed by atoms with Gasteiger partial charge < -0.3 is 15.4 Å². The third kappa shape index (κ3) is 4.05. The number of anilines is 2. The Bertz CT molecular complexity index is 685. The van der Waals surface area contributed by atoms with E-state index in [4.69, 9.17) is 4.74 Å². The topological polar surface area (TPSA) is 67.4 Å². The minimum Gasteiger partial charge on any atom is -0.495 e. The smallest absolute Gasteiger partial charge is 0.265 e. The molecule has 0 bridgehead atoms. The van der Waals surface area contributed by atoms with Crippen LogP contribution in [0, 0.1) is 0 Å². The lowest BCUT2D eigenvalue weighted by molar-refractivity contribution is -0.114. The zero-order chi connectivity index (χ0) is 15.4. The van der Waals surface area contributed by atoms with Gasteiger partial charge in [0.1, 0.15) is 5.75 Å². The normalized spacial score (nSPS) is 10.0. The quantitative estimate of drug-likeness (QED) is 0.863. The predicted molar refractivity (Wildman–Crippen MR) is 87.3 cm³/mol. The van der Waals surface area contributed by atoms with Crippen LogP contribution in [0.15, 0.2) is 34.1 Å². The zero-order valence-corrected chi connectivity index (χ0v) is 13.8. The molecule has 0 saturated heterocycles. The molecule has 21 heavy (non-hydrogen) atoms. The second-order valence-corrected chi connectivity index (χ2v) is 6.62. The molecule has 0 radical (unpaired) electrons. The molecule has 1 aromatic heterocycles. The molecule has 0 aliphatic rings. The van der Waals surface area contributed by atoms with E-state index in [1.165, 1.54) is 25.4 Å². The molecule has 0 unspecified atom stereocenters. The van der Waals surface area contributed by atoms with Gasteiger partial charge in [0.25, 0.3) is 5.91 Å². The van der Waals surface area contributed by atoms with Gasteiger partial charge in [-0.3, -0.25) is 9.59 Å². The fourth-order valence-electron chi connectivity index (χ4n) is 1.71. The van der Waals surface area contributed by atoms with Gasteiger partial charge in [-0.25, -0.2) is 0 Å². The van der Waals surface area contributed by atoms with Crippen molar-refractivity contribution in [3.05, 3.63) is 39.0 Å². The molecule has 2 rings (SSSR count). The molecular formula is C14H13BrN2O3S. The fraction of sp³-hybridized carbons (Fsp3) is 0.143. The minimum atomic E-state index is -0.232. The van der Waals surface area contributed by atoms with Crippen LogP contribution in [-0.4, -0.2) is 18.9 Å². The summed E-state index contributed by atoms with van der Waals surface area (Å²) in [5, 5.41) is 5.44. The Hall–Kier alpha value is -1.86. The van der Waals surface area contributed by atoms with Crippen molar-refractivity contribution in [1.29, 1.82) is 0 Å². The molecule has 5 nitrogen and oxygen atoms in total. The number of rotatable bonds is 4. The molecule has 0 fully saturated rings. The third-order valence-corrected chi connectivity index (χ3v) is 4.19. The van der Waals surface area contributed by atoms with Crippen LogP contribution >= 0.6 is 27.3 Å². The van der Waals surface area contributed by atoms with Crippen LogP contribution in [0.25, 0.3) is 0 Å². The summed E-state index contributed by atoms with van der Waals surface area (Å²) in [4.78, 5) is 23.8. The number of methoxy groups -OCH3 is 1. The number of benzene rings is 1.